The van der Waals surface area contributed by atoms with Crippen LogP contribution in [0, 0.1) is 0 Å². The molecule has 0 saturated carbocycles. The molecule has 4 rings (SSSR count). The van der Waals surface area contributed by atoms with E-state index in [0.717, 1.165) is 18.7 Å². The maximum Gasteiger partial charge on any atom is 0.317 e. The van der Waals surface area contributed by atoms with Crippen LogP contribution in [0.15, 0.2) is 41.0 Å². The van der Waals surface area contributed by atoms with Gasteiger partial charge in [0.1, 0.15) is 12.3 Å². The standard InChI is InChI=1S/C24H32N4O6/c1-2-25-24(30)27(8-7-26-9-12-31-13-10-26)17-23(29)28(16-20-4-3-11-32-20)15-19-5-6-21-22(14-19)34-18-33-21/h3-6,11,14H,2,7-10,12-13,15-18H2,1H3,(H,25,30). The number of ether oxygens (including phenoxy) is 3. The number of carbonyl (C=O) groups is 2. The Kier molecular flexibility index (Phi) is 8.26. The number of morpholine rings is 1. The molecule has 3 amide bonds. The molecule has 10 nitrogen and oxygen atoms in total. The molecule has 0 aliphatic carbocycles. The van der Waals surface area contributed by atoms with Crippen molar-refractivity contribution in [2.24, 2.45) is 0 Å². The summed E-state index contributed by atoms with van der Waals surface area (Å²) in [7, 11) is 0. The van der Waals surface area contributed by atoms with Crippen molar-refractivity contribution in [3.63, 3.8) is 0 Å². The highest BCUT2D eigenvalue weighted by Crippen LogP contribution is 2.33. The lowest BCUT2D eigenvalue weighted by atomic mass is 10.2. The molecule has 0 radical (unpaired) electrons. The average Bonchev–Trinajstić information content (AvgIpc) is 3.53. The highest BCUT2D eigenvalue weighted by Gasteiger charge is 2.24. The first-order valence-electron chi connectivity index (χ1n) is 11.6. The first kappa shape index (κ1) is 23.9. The maximum atomic E-state index is 13.5. The Bertz CT molecular complexity index is 945. The maximum absolute atomic E-state index is 13.5. The molecule has 0 bridgehead atoms. The third kappa shape index (κ3) is 6.42. The zero-order chi connectivity index (χ0) is 23.8. The number of urea groups is 1. The number of nitrogens with zero attached hydrogens (tertiary/aromatic N) is 3. The molecule has 1 aromatic carbocycles. The molecule has 1 fully saturated rings. The Labute approximate surface area is 199 Å². The van der Waals surface area contributed by atoms with Crippen LogP contribution in [0.4, 0.5) is 4.79 Å². The van der Waals surface area contributed by atoms with Crippen molar-refractivity contribution in [1.82, 2.24) is 20.0 Å². The minimum atomic E-state index is -0.245. The molecule has 1 saturated heterocycles. The summed E-state index contributed by atoms with van der Waals surface area (Å²) in [6, 6.07) is 9.02. The third-order valence-corrected chi connectivity index (χ3v) is 5.82. The fourth-order valence-electron chi connectivity index (χ4n) is 3.95. The second kappa shape index (κ2) is 11.8. The molecule has 0 unspecified atom stereocenters. The van der Waals surface area contributed by atoms with Crippen molar-refractivity contribution in [3.05, 3.63) is 47.9 Å². The summed E-state index contributed by atoms with van der Waals surface area (Å²) in [6.07, 6.45) is 1.59. The van der Waals surface area contributed by atoms with Crippen molar-refractivity contribution in [1.29, 1.82) is 0 Å². The SMILES string of the molecule is CCNC(=O)N(CCN1CCOCC1)CC(=O)N(Cc1ccc2c(c1)OCO2)Cc1ccco1. The second-order valence-electron chi connectivity index (χ2n) is 8.23. The molecule has 34 heavy (non-hydrogen) atoms. The summed E-state index contributed by atoms with van der Waals surface area (Å²) in [4.78, 5) is 31.7. The van der Waals surface area contributed by atoms with Crippen molar-refractivity contribution in [2.45, 2.75) is 20.0 Å². The van der Waals surface area contributed by atoms with Crippen molar-refractivity contribution < 1.29 is 28.2 Å². The highest BCUT2D eigenvalue weighted by atomic mass is 16.7. The van der Waals surface area contributed by atoms with E-state index in [0.29, 0.717) is 63.2 Å². The van der Waals surface area contributed by atoms with E-state index < -0.39 is 0 Å². The molecule has 1 N–H and O–H groups in total. The average molecular weight is 473 g/mol. The molecule has 2 aromatic rings. The molecule has 2 aliphatic heterocycles. The first-order chi connectivity index (χ1) is 16.6. The molecule has 184 valence electrons. The quantitative estimate of drug-likeness (QED) is 0.564. The highest BCUT2D eigenvalue weighted by molar-refractivity contribution is 5.84. The summed E-state index contributed by atoms with van der Waals surface area (Å²) in [6.45, 7) is 7.34. The van der Waals surface area contributed by atoms with Crippen molar-refractivity contribution >= 4 is 11.9 Å². The number of fused-ring (bicyclic) bond motifs is 1. The summed E-state index contributed by atoms with van der Waals surface area (Å²) < 4.78 is 21.8. The van der Waals surface area contributed by atoms with Gasteiger partial charge in [-0.15, -0.1) is 0 Å². The normalized spacial score (nSPS) is 15.2. The Hall–Kier alpha value is -3.24. The van der Waals surface area contributed by atoms with Gasteiger partial charge in [0.2, 0.25) is 12.7 Å². The van der Waals surface area contributed by atoms with Crippen LogP contribution in [-0.2, 0) is 22.6 Å². The Morgan fingerprint density at radius 3 is 2.65 bits per heavy atom. The molecule has 1 aromatic heterocycles. The molecule has 0 spiro atoms. The zero-order valence-electron chi connectivity index (χ0n) is 19.5. The fourth-order valence-corrected chi connectivity index (χ4v) is 3.95. The van der Waals surface area contributed by atoms with Crippen LogP contribution < -0.4 is 14.8 Å². The Morgan fingerprint density at radius 1 is 1.06 bits per heavy atom. The van der Waals surface area contributed by atoms with Crippen LogP contribution >= 0.6 is 0 Å². The van der Waals surface area contributed by atoms with E-state index in [4.69, 9.17) is 18.6 Å². The number of benzene rings is 1. The fraction of sp³-hybridized carbons (Fsp3) is 0.500. The monoisotopic (exact) mass is 472 g/mol. The van der Waals surface area contributed by atoms with Crippen LogP contribution in [0.1, 0.15) is 18.2 Å². The predicted octanol–water partition coefficient (Wildman–Crippen LogP) is 1.90. The van der Waals surface area contributed by atoms with E-state index in [1.165, 1.54) is 0 Å². The van der Waals surface area contributed by atoms with Gasteiger partial charge >= 0.3 is 6.03 Å². The lowest BCUT2D eigenvalue weighted by molar-refractivity contribution is -0.133. The summed E-state index contributed by atoms with van der Waals surface area (Å²) in [5.74, 6) is 1.87. The van der Waals surface area contributed by atoms with E-state index in [-0.39, 0.29) is 25.3 Å². The lowest BCUT2D eigenvalue weighted by Crippen LogP contribution is -2.49. The summed E-state index contributed by atoms with van der Waals surface area (Å²) in [5, 5.41) is 2.83. The topological polar surface area (TPSA) is 96.7 Å². The van der Waals surface area contributed by atoms with Gasteiger partial charge in [0.25, 0.3) is 0 Å². The van der Waals surface area contributed by atoms with Gasteiger partial charge in [0, 0.05) is 39.3 Å². The minimum Gasteiger partial charge on any atom is -0.467 e. The molecular formula is C24H32N4O6. The molecule has 0 atom stereocenters. The first-order valence-corrected chi connectivity index (χ1v) is 11.6. The molecule has 2 aliphatic rings. The van der Waals surface area contributed by atoms with Crippen LogP contribution in [0.3, 0.4) is 0 Å². The van der Waals surface area contributed by atoms with Gasteiger partial charge in [0.15, 0.2) is 11.5 Å². The van der Waals surface area contributed by atoms with Crippen LogP contribution in [-0.4, -0.2) is 85.9 Å². The van der Waals surface area contributed by atoms with Crippen LogP contribution in [0.2, 0.25) is 0 Å². The lowest BCUT2D eigenvalue weighted by Gasteiger charge is -2.31. The van der Waals surface area contributed by atoms with Gasteiger partial charge in [-0.3, -0.25) is 9.69 Å². The predicted molar refractivity (Wildman–Crippen MR) is 123 cm³/mol. The number of carbonyl (C=O) groups excluding carboxylic acids is 2. The van der Waals surface area contributed by atoms with Crippen LogP contribution in [0.5, 0.6) is 11.5 Å². The summed E-state index contributed by atoms with van der Waals surface area (Å²) >= 11 is 0. The van der Waals surface area contributed by atoms with E-state index in [9.17, 15) is 9.59 Å². The number of hydrogen-bond acceptors (Lipinski definition) is 7. The number of amides is 3. The van der Waals surface area contributed by atoms with E-state index in [1.54, 1.807) is 22.1 Å². The zero-order valence-corrected chi connectivity index (χ0v) is 19.5. The minimum absolute atomic E-state index is 0.0264. The van der Waals surface area contributed by atoms with Gasteiger partial charge in [0.05, 0.1) is 26.0 Å². The van der Waals surface area contributed by atoms with Crippen molar-refractivity contribution in [3.8, 4) is 11.5 Å². The number of furan rings is 1. The smallest absolute Gasteiger partial charge is 0.317 e. The van der Waals surface area contributed by atoms with Crippen LogP contribution in [0.25, 0.3) is 0 Å². The third-order valence-electron chi connectivity index (χ3n) is 5.82. The molecular weight excluding hydrogens is 440 g/mol. The van der Waals surface area contributed by atoms with E-state index >= 15 is 0 Å². The van der Waals surface area contributed by atoms with E-state index in [2.05, 4.69) is 10.2 Å². The number of nitrogens with one attached hydrogen (secondary N) is 1. The molecule has 3 heterocycles. The Morgan fingerprint density at radius 2 is 1.88 bits per heavy atom. The number of rotatable bonds is 10. The van der Waals surface area contributed by atoms with Crippen molar-refractivity contribution in [2.75, 3.05) is 59.3 Å². The van der Waals surface area contributed by atoms with Gasteiger partial charge in [-0.25, -0.2) is 4.79 Å². The van der Waals surface area contributed by atoms with Gasteiger partial charge in [-0.05, 0) is 36.8 Å². The van der Waals surface area contributed by atoms with Gasteiger partial charge in [-0.1, -0.05) is 6.07 Å². The second-order valence-corrected chi connectivity index (χ2v) is 8.23. The Balaban J connectivity index is 1.45. The van der Waals surface area contributed by atoms with Gasteiger partial charge < -0.3 is 33.7 Å². The number of hydrogen-bond donors (Lipinski definition) is 1. The van der Waals surface area contributed by atoms with Gasteiger partial charge in [-0.2, -0.15) is 0 Å². The molecule has 10 heteroatoms. The summed E-state index contributed by atoms with van der Waals surface area (Å²) in [5.41, 5.74) is 0.905. The largest absolute Gasteiger partial charge is 0.467 e. The van der Waals surface area contributed by atoms with E-state index in [1.807, 2.05) is 31.2 Å².